The molecule has 2 aliphatic carbocycles. The van der Waals surface area contributed by atoms with E-state index in [1.807, 2.05) is 0 Å². The highest BCUT2D eigenvalue weighted by Gasteiger charge is 2.48. The van der Waals surface area contributed by atoms with Crippen LogP contribution in [0.4, 0.5) is 0 Å². The molecule has 2 saturated carbocycles. The van der Waals surface area contributed by atoms with Gasteiger partial charge >= 0.3 is 0 Å². The zero-order valence-electron chi connectivity index (χ0n) is 9.22. The molecule has 0 spiro atoms. The van der Waals surface area contributed by atoms with Gasteiger partial charge in [0.15, 0.2) is 0 Å². The van der Waals surface area contributed by atoms with Crippen molar-refractivity contribution in [1.82, 2.24) is 0 Å². The van der Waals surface area contributed by atoms with Gasteiger partial charge < -0.3 is 0 Å². The molecule has 5 atom stereocenters. The maximum absolute atomic E-state index is 4.21. The molecule has 2 bridgehead atoms. The third-order valence-electron chi connectivity index (χ3n) is 4.78. The Morgan fingerprint density at radius 3 is 2.62 bits per heavy atom. The maximum Gasteiger partial charge on any atom is -0.0174 e. The van der Waals surface area contributed by atoms with E-state index in [0.29, 0.717) is 0 Å². The molecule has 0 radical (unpaired) electrons. The van der Waals surface area contributed by atoms with Crippen LogP contribution in [0.1, 0.15) is 40.0 Å². The molecule has 2 rings (SSSR count). The van der Waals surface area contributed by atoms with E-state index in [1.54, 1.807) is 5.57 Å². The smallest absolute Gasteiger partial charge is 0.0174 e. The van der Waals surface area contributed by atoms with Crippen LogP contribution in [0.3, 0.4) is 0 Å². The summed E-state index contributed by atoms with van der Waals surface area (Å²) in [7, 11) is 0. The summed E-state index contributed by atoms with van der Waals surface area (Å²) in [4.78, 5) is 0. The van der Waals surface area contributed by atoms with Crippen molar-refractivity contribution < 1.29 is 0 Å². The van der Waals surface area contributed by atoms with Gasteiger partial charge in [0.1, 0.15) is 0 Å². The van der Waals surface area contributed by atoms with Crippen molar-refractivity contribution in [3.8, 4) is 0 Å². The van der Waals surface area contributed by atoms with E-state index in [2.05, 4.69) is 27.4 Å². The predicted octanol–water partition coefficient (Wildman–Crippen LogP) is 3.88. The molecule has 0 nitrogen and oxygen atoms in total. The van der Waals surface area contributed by atoms with Crippen LogP contribution in [0.5, 0.6) is 0 Å². The minimum atomic E-state index is 0.879. The average Bonchev–Trinajstić information content (AvgIpc) is 2.57. The van der Waals surface area contributed by atoms with E-state index in [9.17, 15) is 0 Å². The molecule has 0 aromatic rings. The Bertz CT molecular complexity index is 216. The van der Waals surface area contributed by atoms with Crippen LogP contribution in [-0.4, -0.2) is 0 Å². The van der Waals surface area contributed by atoms with E-state index < -0.39 is 0 Å². The summed E-state index contributed by atoms with van der Waals surface area (Å²) in [5, 5.41) is 0. The van der Waals surface area contributed by atoms with E-state index in [0.717, 1.165) is 29.6 Å². The highest BCUT2D eigenvalue weighted by Crippen LogP contribution is 2.57. The lowest BCUT2D eigenvalue weighted by Gasteiger charge is -2.28. The minimum Gasteiger partial charge on any atom is -0.0996 e. The van der Waals surface area contributed by atoms with Crippen molar-refractivity contribution >= 4 is 0 Å². The van der Waals surface area contributed by atoms with Crippen molar-refractivity contribution in [3.63, 3.8) is 0 Å². The molecular formula is C13H22. The maximum atomic E-state index is 4.21. The van der Waals surface area contributed by atoms with Crippen molar-refractivity contribution in [2.45, 2.75) is 40.0 Å². The van der Waals surface area contributed by atoms with Crippen molar-refractivity contribution in [2.75, 3.05) is 0 Å². The molecule has 0 amide bonds. The standard InChI is InChI=1S/C13H22/c1-5-8(2)12-7-11-9(3)6-13(12)10(11)4/h8,10-13H,3,5-7H2,1-2,4H3. The number of fused-ring (bicyclic) bond motifs is 2. The van der Waals surface area contributed by atoms with E-state index in [4.69, 9.17) is 0 Å². The molecule has 2 aliphatic rings. The third-order valence-corrected chi connectivity index (χ3v) is 4.78. The van der Waals surface area contributed by atoms with Gasteiger partial charge in [0.25, 0.3) is 0 Å². The summed E-state index contributed by atoms with van der Waals surface area (Å²) >= 11 is 0. The SMILES string of the molecule is C=C1CC2C(C)C1CC2C(C)CC. The summed E-state index contributed by atoms with van der Waals surface area (Å²) in [5.74, 6) is 4.74. The van der Waals surface area contributed by atoms with Crippen LogP contribution >= 0.6 is 0 Å². The second-order valence-corrected chi connectivity index (χ2v) is 5.28. The largest absolute Gasteiger partial charge is 0.0996 e. The molecule has 0 aromatic carbocycles. The highest BCUT2D eigenvalue weighted by molar-refractivity contribution is 5.17. The predicted molar refractivity (Wildman–Crippen MR) is 57.5 cm³/mol. The van der Waals surface area contributed by atoms with Crippen LogP contribution in [0.15, 0.2) is 12.2 Å². The number of hydrogen-bond donors (Lipinski definition) is 0. The van der Waals surface area contributed by atoms with Gasteiger partial charge in [-0.15, -0.1) is 0 Å². The van der Waals surface area contributed by atoms with E-state index in [1.165, 1.54) is 19.3 Å². The topological polar surface area (TPSA) is 0 Å². The Morgan fingerprint density at radius 2 is 2.23 bits per heavy atom. The summed E-state index contributed by atoms with van der Waals surface area (Å²) in [6.45, 7) is 11.4. The van der Waals surface area contributed by atoms with Crippen LogP contribution in [-0.2, 0) is 0 Å². The van der Waals surface area contributed by atoms with Gasteiger partial charge in [-0.05, 0) is 42.4 Å². The fraction of sp³-hybridized carbons (Fsp3) is 0.846. The van der Waals surface area contributed by atoms with Gasteiger partial charge in [0.2, 0.25) is 0 Å². The first kappa shape index (κ1) is 9.30. The molecule has 2 fully saturated rings. The monoisotopic (exact) mass is 178 g/mol. The third kappa shape index (κ3) is 1.26. The van der Waals surface area contributed by atoms with Crippen molar-refractivity contribution in [2.24, 2.45) is 29.6 Å². The molecular weight excluding hydrogens is 156 g/mol. The Hall–Kier alpha value is -0.260. The zero-order chi connectivity index (χ0) is 9.59. The summed E-state index contributed by atoms with van der Waals surface area (Å²) in [5.41, 5.74) is 1.55. The lowest BCUT2D eigenvalue weighted by molar-refractivity contribution is 0.243. The number of hydrogen-bond acceptors (Lipinski definition) is 0. The van der Waals surface area contributed by atoms with Crippen LogP contribution in [0, 0.1) is 29.6 Å². The first-order valence-electron chi connectivity index (χ1n) is 5.82. The first-order valence-corrected chi connectivity index (χ1v) is 5.82. The first-order chi connectivity index (χ1) is 6.15. The number of rotatable bonds is 2. The Morgan fingerprint density at radius 1 is 1.54 bits per heavy atom. The molecule has 13 heavy (non-hydrogen) atoms. The Kier molecular flexibility index (Phi) is 2.25. The highest BCUT2D eigenvalue weighted by atomic mass is 14.5. The van der Waals surface area contributed by atoms with Crippen LogP contribution in [0.2, 0.25) is 0 Å². The molecule has 0 aromatic heterocycles. The molecule has 0 N–H and O–H groups in total. The van der Waals surface area contributed by atoms with Crippen molar-refractivity contribution in [1.29, 1.82) is 0 Å². The normalized spacial score (nSPS) is 45.6. The van der Waals surface area contributed by atoms with Gasteiger partial charge in [0.05, 0.1) is 0 Å². The lowest BCUT2D eigenvalue weighted by atomic mass is 9.77. The molecule has 5 unspecified atom stereocenters. The summed E-state index contributed by atoms with van der Waals surface area (Å²) in [6.07, 6.45) is 4.13. The molecule has 0 aliphatic heterocycles. The van der Waals surface area contributed by atoms with Gasteiger partial charge in [-0.1, -0.05) is 39.3 Å². The zero-order valence-corrected chi connectivity index (χ0v) is 9.22. The Balaban J connectivity index is 2.10. The fourth-order valence-electron chi connectivity index (χ4n) is 3.66. The van der Waals surface area contributed by atoms with Gasteiger partial charge in [-0.2, -0.15) is 0 Å². The second-order valence-electron chi connectivity index (χ2n) is 5.28. The van der Waals surface area contributed by atoms with Gasteiger partial charge in [-0.3, -0.25) is 0 Å². The van der Waals surface area contributed by atoms with E-state index >= 15 is 0 Å². The molecule has 0 saturated heterocycles. The average molecular weight is 178 g/mol. The fourth-order valence-corrected chi connectivity index (χ4v) is 3.66. The Labute approximate surface area is 82.4 Å². The molecule has 74 valence electrons. The summed E-state index contributed by atoms with van der Waals surface area (Å²) in [6, 6.07) is 0. The van der Waals surface area contributed by atoms with Crippen LogP contribution < -0.4 is 0 Å². The van der Waals surface area contributed by atoms with Crippen LogP contribution in [0.25, 0.3) is 0 Å². The summed E-state index contributed by atoms with van der Waals surface area (Å²) < 4.78 is 0. The number of allylic oxidation sites excluding steroid dienone is 1. The molecule has 0 heterocycles. The van der Waals surface area contributed by atoms with E-state index in [-0.39, 0.29) is 0 Å². The molecule has 0 heteroatoms. The van der Waals surface area contributed by atoms with Gasteiger partial charge in [-0.25, -0.2) is 0 Å². The van der Waals surface area contributed by atoms with Gasteiger partial charge in [0, 0.05) is 0 Å². The quantitative estimate of drug-likeness (QED) is 0.563. The van der Waals surface area contributed by atoms with Crippen molar-refractivity contribution in [3.05, 3.63) is 12.2 Å². The lowest BCUT2D eigenvalue weighted by Crippen LogP contribution is -2.19. The minimum absolute atomic E-state index is 0.879. The second kappa shape index (κ2) is 3.15.